The summed E-state index contributed by atoms with van der Waals surface area (Å²) < 4.78 is 0. The molecule has 2 N–H and O–H groups in total. The molecule has 2 saturated carbocycles. The zero-order chi connectivity index (χ0) is 15.8. The number of fused-ring (bicyclic) bond motifs is 3. The molecule has 0 aromatic carbocycles. The third kappa shape index (κ3) is 3.28. The molecule has 0 bridgehead atoms. The molecule has 0 aromatic rings. The number of nitrogens with zero attached hydrogens (tertiary/aromatic N) is 1. The lowest BCUT2D eigenvalue weighted by Crippen LogP contribution is -2.65. The van der Waals surface area contributed by atoms with Gasteiger partial charge in [-0.1, -0.05) is 0 Å². The summed E-state index contributed by atoms with van der Waals surface area (Å²) in [5, 5.41) is 16.9. The fraction of sp³-hybridized carbons (Fsp3) is 0.947. The molecule has 2 saturated heterocycles. The van der Waals surface area contributed by atoms with Gasteiger partial charge in [0, 0.05) is 24.0 Å². The molecule has 3 nitrogen and oxygen atoms in total. The second kappa shape index (κ2) is 6.90. The number of hydrogen-bond donors (Lipinski definition) is 2. The van der Waals surface area contributed by atoms with Crippen molar-refractivity contribution in [2.24, 2.45) is 23.7 Å². The summed E-state index contributed by atoms with van der Waals surface area (Å²) in [5.41, 5.74) is 0.170. The predicted octanol–water partition coefficient (Wildman–Crippen LogP) is 3.78. The Hall–Kier alpha value is -0.300. The summed E-state index contributed by atoms with van der Waals surface area (Å²) in [4.78, 5) is 0. The van der Waals surface area contributed by atoms with Gasteiger partial charge in [-0.25, -0.2) is 0 Å². The van der Waals surface area contributed by atoms with E-state index in [2.05, 4.69) is 16.7 Å². The van der Waals surface area contributed by atoms with Crippen molar-refractivity contribution in [3.05, 3.63) is 0 Å². The summed E-state index contributed by atoms with van der Waals surface area (Å²) in [5.74, 6) is 2.78. The fourth-order valence-electron chi connectivity index (χ4n) is 5.90. The molecule has 2 heterocycles. The lowest BCUT2D eigenvalue weighted by atomic mass is 9.66. The monoisotopic (exact) mass is 335 g/mol. The molecular weight excluding hydrogens is 306 g/mol. The lowest BCUT2D eigenvalue weighted by molar-refractivity contribution is 0.0560. The van der Waals surface area contributed by atoms with Crippen LogP contribution in [0.25, 0.3) is 0 Å². The van der Waals surface area contributed by atoms with Crippen molar-refractivity contribution in [2.75, 3.05) is 0 Å². The average Bonchev–Trinajstić information content (AvgIpc) is 2.61. The molecule has 2 aliphatic carbocycles. The van der Waals surface area contributed by atoms with Crippen molar-refractivity contribution in [1.82, 2.24) is 10.6 Å². The van der Waals surface area contributed by atoms with E-state index in [-0.39, 0.29) is 5.50 Å². The van der Waals surface area contributed by atoms with Crippen LogP contribution >= 0.6 is 11.6 Å². The van der Waals surface area contributed by atoms with E-state index in [1.54, 1.807) is 0 Å². The maximum absolute atomic E-state index is 9.11. The third-order valence-electron chi connectivity index (χ3n) is 7.25. The van der Waals surface area contributed by atoms with Crippen LogP contribution in [-0.4, -0.2) is 23.6 Å². The molecule has 0 aromatic heterocycles. The summed E-state index contributed by atoms with van der Waals surface area (Å²) in [6.07, 6.45) is 12.7. The van der Waals surface area contributed by atoms with E-state index in [0.29, 0.717) is 24.0 Å². The van der Waals surface area contributed by atoms with Crippen LogP contribution in [0.2, 0.25) is 0 Å². The Morgan fingerprint density at radius 2 is 1.26 bits per heavy atom. The highest BCUT2D eigenvalue weighted by Gasteiger charge is 2.45. The van der Waals surface area contributed by atoms with Crippen LogP contribution in [0.3, 0.4) is 0 Å². The highest BCUT2D eigenvalue weighted by atomic mass is 35.5. The average molecular weight is 336 g/mol. The minimum atomic E-state index is 0.170. The highest BCUT2D eigenvalue weighted by molar-refractivity contribution is 6.20. The first-order chi connectivity index (χ1) is 11.2. The van der Waals surface area contributed by atoms with Crippen LogP contribution in [0.15, 0.2) is 0 Å². The Morgan fingerprint density at radius 3 is 1.96 bits per heavy atom. The molecule has 4 rings (SSSR count). The van der Waals surface area contributed by atoms with Gasteiger partial charge in [0.15, 0.2) is 0 Å². The molecular formula is C19H30ClN3. The summed E-state index contributed by atoms with van der Waals surface area (Å²) in [6.45, 7) is 0. The van der Waals surface area contributed by atoms with Gasteiger partial charge in [0.2, 0.25) is 0 Å². The van der Waals surface area contributed by atoms with Crippen LogP contribution in [0.4, 0.5) is 0 Å². The van der Waals surface area contributed by atoms with Crippen molar-refractivity contribution >= 4 is 11.6 Å². The second-order valence-electron chi connectivity index (χ2n) is 8.45. The van der Waals surface area contributed by atoms with E-state index >= 15 is 0 Å². The number of alkyl halides is 1. The first kappa shape index (κ1) is 16.2. The molecule has 4 fully saturated rings. The van der Waals surface area contributed by atoms with Gasteiger partial charge in [0.1, 0.15) is 0 Å². The number of nitrogens with one attached hydrogen (secondary N) is 2. The molecule has 0 radical (unpaired) electrons. The Labute approximate surface area is 145 Å². The van der Waals surface area contributed by atoms with Crippen LogP contribution in [-0.2, 0) is 0 Å². The normalized spacial score (nSPS) is 50.4. The molecule has 6 unspecified atom stereocenters. The third-order valence-corrected chi connectivity index (χ3v) is 7.60. The topological polar surface area (TPSA) is 47.9 Å². The second-order valence-corrected chi connectivity index (χ2v) is 8.98. The molecule has 128 valence electrons. The van der Waals surface area contributed by atoms with Gasteiger partial charge >= 0.3 is 0 Å². The minimum absolute atomic E-state index is 0.170. The van der Waals surface area contributed by atoms with Gasteiger partial charge in [-0.2, -0.15) is 5.26 Å². The van der Waals surface area contributed by atoms with Gasteiger partial charge in [0.05, 0.1) is 11.6 Å². The van der Waals surface area contributed by atoms with E-state index in [0.717, 1.165) is 37.0 Å². The number of halogens is 1. The maximum atomic E-state index is 9.11. The van der Waals surface area contributed by atoms with Crippen molar-refractivity contribution < 1.29 is 0 Å². The van der Waals surface area contributed by atoms with E-state index in [9.17, 15) is 0 Å². The first-order valence-corrected chi connectivity index (χ1v) is 10.2. The van der Waals surface area contributed by atoms with E-state index in [1.165, 1.54) is 44.9 Å². The minimum Gasteiger partial charge on any atom is -0.309 e. The van der Waals surface area contributed by atoms with Crippen LogP contribution < -0.4 is 10.6 Å². The number of rotatable bonds is 1. The van der Waals surface area contributed by atoms with Gasteiger partial charge < -0.3 is 5.32 Å². The van der Waals surface area contributed by atoms with Crippen LogP contribution in [0.5, 0.6) is 0 Å². The van der Waals surface area contributed by atoms with Gasteiger partial charge in [-0.3, -0.25) is 5.32 Å². The standard InChI is InChI=1S/C19H30ClN3/c20-17-10-8-15-6-5-14-7-9-16(22-18(14)19(15)23-17)13-3-1-12(11-21)2-4-13/h12-19,22-23H,1-10H2. The molecule has 23 heavy (non-hydrogen) atoms. The Morgan fingerprint density at radius 1 is 0.696 bits per heavy atom. The summed E-state index contributed by atoms with van der Waals surface area (Å²) >= 11 is 6.42. The zero-order valence-corrected chi connectivity index (χ0v) is 14.8. The first-order valence-electron chi connectivity index (χ1n) is 9.80. The summed E-state index contributed by atoms with van der Waals surface area (Å²) in [7, 11) is 0. The summed E-state index contributed by atoms with van der Waals surface area (Å²) in [6, 6.07) is 4.36. The largest absolute Gasteiger partial charge is 0.309 e. The molecule has 4 heteroatoms. The fourth-order valence-corrected chi connectivity index (χ4v) is 6.17. The van der Waals surface area contributed by atoms with Crippen LogP contribution in [0, 0.1) is 35.0 Å². The van der Waals surface area contributed by atoms with Gasteiger partial charge in [-0.15, -0.1) is 11.6 Å². The highest BCUT2D eigenvalue weighted by Crippen LogP contribution is 2.42. The molecule has 0 amide bonds. The lowest BCUT2D eigenvalue weighted by Gasteiger charge is -2.52. The quantitative estimate of drug-likeness (QED) is 0.566. The molecule has 4 aliphatic rings. The molecule has 0 spiro atoms. The number of hydrogen-bond acceptors (Lipinski definition) is 3. The number of piperidine rings is 2. The van der Waals surface area contributed by atoms with Crippen molar-refractivity contribution in [2.45, 2.75) is 87.8 Å². The van der Waals surface area contributed by atoms with Crippen molar-refractivity contribution in [3.8, 4) is 6.07 Å². The Bertz CT molecular complexity index is 454. The van der Waals surface area contributed by atoms with Gasteiger partial charge in [0.25, 0.3) is 0 Å². The van der Waals surface area contributed by atoms with Crippen molar-refractivity contribution in [1.29, 1.82) is 5.26 Å². The molecule has 2 aliphatic heterocycles. The SMILES string of the molecule is N#CC1CCC(C2CCC3CCC4CCC(Cl)NC4C3N2)CC1. The van der Waals surface area contributed by atoms with Crippen molar-refractivity contribution in [3.63, 3.8) is 0 Å². The molecule has 6 atom stereocenters. The zero-order valence-electron chi connectivity index (χ0n) is 14.0. The number of nitriles is 1. The van der Waals surface area contributed by atoms with Gasteiger partial charge in [-0.05, 0) is 82.0 Å². The van der Waals surface area contributed by atoms with E-state index in [1.807, 2.05) is 0 Å². The van der Waals surface area contributed by atoms with E-state index in [4.69, 9.17) is 16.9 Å². The Kier molecular flexibility index (Phi) is 4.86. The maximum Gasteiger partial charge on any atom is 0.0828 e. The smallest absolute Gasteiger partial charge is 0.0828 e. The van der Waals surface area contributed by atoms with Crippen LogP contribution in [0.1, 0.15) is 64.2 Å². The predicted molar refractivity (Wildman–Crippen MR) is 93.0 cm³/mol. The Balaban J connectivity index is 1.41. The van der Waals surface area contributed by atoms with E-state index < -0.39 is 0 Å².